The third-order valence-corrected chi connectivity index (χ3v) is 3.02. The van der Waals surface area contributed by atoms with Gasteiger partial charge < -0.3 is 15.2 Å². The molecule has 0 aliphatic carbocycles. The molecule has 2 N–H and O–H groups in total. The first kappa shape index (κ1) is 14.7. The van der Waals surface area contributed by atoms with Crippen molar-refractivity contribution >= 4 is 17.5 Å². The van der Waals surface area contributed by atoms with Crippen molar-refractivity contribution in [2.75, 3.05) is 20.0 Å². The molecule has 0 heterocycles. The van der Waals surface area contributed by atoms with Crippen LogP contribution in [0.15, 0.2) is 48.5 Å². The number of anilines is 1. The van der Waals surface area contributed by atoms with Crippen LogP contribution in [0.2, 0.25) is 0 Å². The van der Waals surface area contributed by atoms with Crippen LogP contribution in [0.1, 0.15) is 15.9 Å². The minimum Gasteiger partial charge on any atom is -0.497 e. The van der Waals surface area contributed by atoms with Crippen molar-refractivity contribution in [2.24, 2.45) is 0 Å². The Bertz CT molecular complexity index is 677. The van der Waals surface area contributed by atoms with Crippen LogP contribution in [0, 0.1) is 0 Å². The fraction of sp³-hybridized carbons (Fsp3) is 0.118. The van der Waals surface area contributed by atoms with Gasteiger partial charge in [0.15, 0.2) is 5.78 Å². The molecule has 4 heteroatoms. The summed E-state index contributed by atoms with van der Waals surface area (Å²) in [6.07, 6.45) is 3.19. The van der Waals surface area contributed by atoms with Crippen molar-refractivity contribution in [2.45, 2.75) is 0 Å². The summed E-state index contributed by atoms with van der Waals surface area (Å²) in [5, 5.41) is 0. The molecule has 21 heavy (non-hydrogen) atoms. The van der Waals surface area contributed by atoms with Gasteiger partial charge in [-0.1, -0.05) is 12.1 Å². The Morgan fingerprint density at radius 3 is 2.57 bits per heavy atom. The van der Waals surface area contributed by atoms with Gasteiger partial charge in [-0.05, 0) is 42.5 Å². The van der Waals surface area contributed by atoms with Crippen LogP contribution in [0.5, 0.6) is 11.5 Å². The number of nitrogen functional groups attached to an aromatic ring is 1. The lowest BCUT2D eigenvalue weighted by atomic mass is 10.1. The number of hydrogen-bond donors (Lipinski definition) is 1. The Kier molecular flexibility index (Phi) is 4.61. The zero-order valence-corrected chi connectivity index (χ0v) is 12.0. The molecule has 0 aliphatic rings. The molecule has 0 spiro atoms. The minimum absolute atomic E-state index is 0.118. The molecule has 2 rings (SSSR count). The second-order valence-electron chi connectivity index (χ2n) is 4.43. The molecule has 0 atom stereocenters. The molecule has 0 aliphatic heterocycles. The zero-order valence-electron chi connectivity index (χ0n) is 12.0. The van der Waals surface area contributed by atoms with Crippen molar-refractivity contribution < 1.29 is 14.3 Å². The standard InChI is InChI=1S/C17H17NO3/c1-20-15-7-9-17(21-2)13(11-15)6-8-16(19)12-4-3-5-14(18)10-12/h3-11H,18H2,1-2H3. The number of carbonyl (C=O) groups excluding carboxylic acids is 1. The Labute approximate surface area is 123 Å². The predicted octanol–water partition coefficient (Wildman–Crippen LogP) is 3.18. The van der Waals surface area contributed by atoms with E-state index < -0.39 is 0 Å². The minimum atomic E-state index is -0.118. The number of ketones is 1. The van der Waals surface area contributed by atoms with E-state index in [1.165, 1.54) is 6.08 Å². The lowest BCUT2D eigenvalue weighted by molar-refractivity contribution is 0.104. The van der Waals surface area contributed by atoms with Crippen molar-refractivity contribution in [3.05, 3.63) is 59.7 Å². The predicted molar refractivity (Wildman–Crippen MR) is 83.8 cm³/mol. The van der Waals surface area contributed by atoms with Crippen LogP contribution < -0.4 is 15.2 Å². The smallest absolute Gasteiger partial charge is 0.185 e. The Balaban J connectivity index is 2.26. The molecule has 2 aromatic carbocycles. The van der Waals surface area contributed by atoms with E-state index in [-0.39, 0.29) is 5.78 Å². The third-order valence-electron chi connectivity index (χ3n) is 3.02. The highest BCUT2D eigenvalue weighted by atomic mass is 16.5. The number of nitrogens with two attached hydrogens (primary N) is 1. The summed E-state index contributed by atoms with van der Waals surface area (Å²) in [5.41, 5.74) is 7.56. The van der Waals surface area contributed by atoms with E-state index in [1.807, 2.05) is 6.07 Å². The third kappa shape index (κ3) is 3.63. The number of rotatable bonds is 5. The van der Waals surface area contributed by atoms with Crippen molar-refractivity contribution in [3.8, 4) is 11.5 Å². The maximum absolute atomic E-state index is 12.1. The summed E-state index contributed by atoms with van der Waals surface area (Å²) in [4.78, 5) is 12.1. The van der Waals surface area contributed by atoms with Gasteiger partial charge in [-0.2, -0.15) is 0 Å². The highest BCUT2D eigenvalue weighted by molar-refractivity contribution is 6.07. The normalized spacial score (nSPS) is 10.6. The molecule has 2 aromatic rings. The van der Waals surface area contributed by atoms with Crippen LogP contribution in [0.3, 0.4) is 0 Å². The van der Waals surface area contributed by atoms with Gasteiger partial charge in [-0.3, -0.25) is 4.79 Å². The number of carbonyl (C=O) groups is 1. The molecule has 0 aromatic heterocycles. The van der Waals surface area contributed by atoms with Gasteiger partial charge in [-0.15, -0.1) is 0 Å². The molecule has 4 nitrogen and oxygen atoms in total. The number of hydrogen-bond acceptors (Lipinski definition) is 4. The van der Waals surface area contributed by atoms with E-state index >= 15 is 0 Å². The van der Waals surface area contributed by atoms with E-state index in [4.69, 9.17) is 15.2 Å². The van der Waals surface area contributed by atoms with Crippen LogP contribution in [-0.4, -0.2) is 20.0 Å². The maximum Gasteiger partial charge on any atom is 0.185 e. The largest absolute Gasteiger partial charge is 0.497 e. The van der Waals surface area contributed by atoms with Crippen LogP contribution in [0.25, 0.3) is 6.08 Å². The van der Waals surface area contributed by atoms with Crippen molar-refractivity contribution in [1.82, 2.24) is 0 Å². The fourth-order valence-corrected chi connectivity index (χ4v) is 1.92. The van der Waals surface area contributed by atoms with Crippen LogP contribution in [-0.2, 0) is 0 Å². The number of allylic oxidation sites excluding steroid dienone is 1. The van der Waals surface area contributed by atoms with Gasteiger partial charge in [-0.25, -0.2) is 0 Å². The molecular formula is C17H17NO3. The quantitative estimate of drug-likeness (QED) is 0.520. The summed E-state index contributed by atoms with van der Waals surface area (Å²) in [5.74, 6) is 1.26. The SMILES string of the molecule is COc1ccc(OC)c(C=CC(=O)c2cccc(N)c2)c1. The van der Waals surface area contributed by atoms with E-state index in [0.717, 1.165) is 5.56 Å². The fourth-order valence-electron chi connectivity index (χ4n) is 1.92. The first-order valence-corrected chi connectivity index (χ1v) is 6.44. The molecule has 0 bridgehead atoms. The summed E-state index contributed by atoms with van der Waals surface area (Å²) in [6.45, 7) is 0. The van der Waals surface area contributed by atoms with Crippen LogP contribution >= 0.6 is 0 Å². The molecule has 0 saturated heterocycles. The second kappa shape index (κ2) is 6.61. The van der Waals surface area contributed by atoms with Gasteiger partial charge in [0, 0.05) is 16.8 Å². The van der Waals surface area contributed by atoms with E-state index in [0.29, 0.717) is 22.7 Å². The Morgan fingerprint density at radius 2 is 1.90 bits per heavy atom. The number of methoxy groups -OCH3 is 2. The van der Waals surface area contributed by atoms with Crippen molar-refractivity contribution in [3.63, 3.8) is 0 Å². The molecule has 0 radical (unpaired) electrons. The monoisotopic (exact) mass is 283 g/mol. The molecule has 108 valence electrons. The molecule has 0 amide bonds. The molecule has 0 unspecified atom stereocenters. The van der Waals surface area contributed by atoms with E-state index in [1.54, 1.807) is 56.7 Å². The summed E-state index contributed by atoms with van der Waals surface area (Å²) in [6, 6.07) is 12.3. The Morgan fingerprint density at radius 1 is 1.10 bits per heavy atom. The zero-order chi connectivity index (χ0) is 15.2. The lowest BCUT2D eigenvalue weighted by Crippen LogP contribution is -1.96. The highest BCUT2D eigenvalue weighted by Gasteiger charge is 2.05. The average molecular weight is 283 g/mol. The first-order valence-electron chi connectivity index (χ1n) is 6.44. The van der Waals surface area contributed by atoms with E-state index in [2.05, 4.69) is 0 Å². The summed E-state index contributed by atoms with van der Waals surface area (Å²) in [7, 11) is 3.17. The average Bonchev–Trinajstić information content (AvgIpc) is 2.52. The van der Waals surface area contributed by atoms with Gasteiger partial charge in [0.1, 0.15) is 11.5 Å². The Hall–Kier alpha value is -2.75. The number of benzene rings is 2. The highest BCUT2D eigenvalue weighted by Crippen LogP contribution is 2.25. The molecular weight excluding hydrogens is 266 g/mol. The first-order chi connectivity index (χ1) is 10.1. The van der Waals surface area contributed by atoms with Crippen molar-refractivity contribution in [1.29, 1.82) is 0 Å². The summed E-state index contributed by atoms with van der Waals surface area (Å²) >= 11 is 0. The van der Waals surface area contributed by atoms with Gasteiger partial charge in [0.25, 0.3) is 0 Å². The van der Waals surface area contributed by atoms with Gasteiger partial charge >= 0.3 is 0 Å². The van der Waals surface area contributed by atoms with Gasteiger partial charge in [0.05, 0.1) is 14.2 Å². The lowest BCUT2D eigenvalue weighted by Gasteiger charge is -2.07. The maximum atomic E-state index is 12.1. The van der Waals surface area contributed by atoms with Gasteiger partial charge in [0.2, 0.25) is 0 Å². The molecule has 0 fully saturated rings. The summed E-state index contributed by atoms with van der Waals surface area (Å²) < 4.78 is 10.4. The second-order valence-corrected chi connectivity index (χ2v) is 4.43. The number of ether oxygens (including phenoxy) is 2. The topological polar surface area (TPSA) is 61.5 Å². The molecule has 0 saturated carbocycles. The van der Waals surface area contributed by atoms with E-state index in [9.17, 15) is 4.79 Å². The van der Waals surface area contributed by atoms with Crippen LogP contribution in [0.4, 0.5) is 5.69 Å².